The molecule has 3 heteroatoms. The maximum atomic E-state index is 13.9. The fraction of sp³-hybridized carbons (Fsp3) is 0.348. The highest BCUT2D eigenvalue weighted by molar-refractivity contribution is 7.78. The molecule has 0 aliphatic heterocycles. The Morgan fingerprint density at radius 1 is 1.12 bits per heavy atom. The summed E-state index contributed by atoms with van der Waals surface area (Å²) in [5, 5.41) is 2.18. The van der Waals surface area contributed by atoms with Crippen molar-refractivity contribution in [3.8, 4) is 11.8 Å². The van der Waals surface area contributed by atoms with Crippen LogP contribution >= 0.6 is 12.2 Å². The number of aliphatic imine (C=N–C) groups is 1. The Balaban J connectivity index is 1.74. The summed E-state index contributed by atoms with van der Waals surface area (Å²) in [5.74, 6) is 6.59. The van der Waals surface area contributed by atoms with Gasteiger partial charge in [0, 0.05) is 11.1 Å². The van der Waals surface area contributed by atoms with Crippen molar-refractivity contribution in [2.45, 2.75) is 45.4 Å². The van der Waals surface area contributed by atoms with Crippen molar-refractivity contribution < 1.29 is 4.39 Å². The molecular formula is C23H22FNS. The highest BCUT2D eigenvalue weighted by atomic mass is 32.1. The van der Waals surface area contributed by atoms with Gasteiger partial charge in [-0.25, -0.2) is 4.39 Å². The summed E-state index contributed by atoms with van der Waals surface area (Å²) in [4.78, 5) is 3.68. The Morgan fingerprint density at radius 3 is 2.62 bits per heavy atom. The SMILES string of the molecule is CCCCC1CCc2cc(C#Cc3ccc(N=C=S)c(F)c3)ccc2C1. The van der Waals surface area contributed by atoms with Gasteiger partial charge < -0.3 is 0 Å². The number of halogens is 1. The van der Waals surface area contributed by atoms with Gasteiger partial charge in [-0.2, -0.15) is 4.99 Å². The van der Waals surface area contributed by atoms with Crippen LogP contribution in [0.15, 0.2) is 41.4 Å². The van der Waals surface area contributed by atoms with Crippen LogP contribution in [0.4, 0.5) is 10.1 Å². The first kappa shape index (κ1) is 18.5. The van der Waals surface area contributed by atoms with Crippen LogP contribution < -0.4 is 0 Å². The van der Waals surface area contributed by atoms with Crippen molar-refractivity contribution in [3.63, 3.8) is 0 Å². The first-order valence-electron chi connectivity index (χ1n) is 9.21. The molecule has 0 fully saturated rings. The number of thiocarbonyl (C=S) groups is 1. The lowest BCUT2D eigenvalue weighted by atomic mass is 9.81. The van der Waals surface area contributed by atoms with Gasteiger partial charge in [0.25, 0.3) is 0 Å². The Kier molecular flexibility index (Phi) is 6.34. The zero-order valence-corrected chi connectivity index (χ0v) is 15.8. The van der Waals surface area contributed by atoms with Gasteiger partial charge in [0.1, 0.15) is 5.69 Å². The first-order valence-corrected chi connectivity index (χ1v) is 9.61. The Labute approximate surface area is 160 Å². The van der Waals surface area contributed by atoms with Crippen molar-refractivity contribution in [1.82, 2.24) is 0 Å². The number of isothiocyanates is 1. The minimum atomic E-state index is -0.433. The molecule has 0 bridgehead atoms. The molecule has 132 valence electrons. The molecule has 0 radical (unpaired) electrons. The number of benzene rings is 2. The summed E-state index contributed by atoms with van der Waals surface area (Å²) in [6, 6.07) is 11.2. The molecule has 0 saturated carbocycles. The molecule has 26 heavy (non-hydrogen) atoms. The minimum absolute atomic E-state index is 0.192. The molecule has 1 nitrogen and oxygen atoms in total. The normalized spacial score (nSPS) is 15.4. The molecule has 0 amide bonds. The van der Waals surface area contributed by atoms with Crippen LogP contribution in [0, 0.1) is 23.6 Å². The van der Waals surface area contributed by atoms with E-state index in [1.54, 1.807) is 12.1 Å². The summed E-state index contributed by atoms with van der Waals surface area (Å²) in [5.41, 5.74) is 4.69. The third kappa shape index (κ3) is 4.67. The first-order chi connectivity index (χ1) is 12.7. The predicted octanol–water partition coefficient (Wildman–Crippen LogP) is 6.25. The fourth-order valence-electron chi connectivity index (χ4n) is 3.52. The van der Waals surface area contributed by atoms with Gasteiger partial charge in [0.05, 0.1) is 5.16 Å². The van der Waals surface area contributed by atoms with Crippen molar-refractivity contribution in [3.05, 3.63) is 64.5 Å². The van der Waals surface area contributed by atoms with Gasteiger partial charge in [-0.15, -0.1) is 0 Å². The second-order valence-corrected chi connectivity index (χ2v) is 7.04. The van der Waals surface area contributed by atoms with Crippen molar-refractivity contribution >= 4 is 23.1 Å². The number of rotatable bonds is 4. The standard InChI is InChI=1S/C23H22FNS/c1-2-3-4-17-7-10-21-14-18(8-11-20(21)13-17)5-6-19-9-12-23(25-16-26)22(24)15-19/h8-9,11-12,14-15,17H,2-4,7,10,13H2,1H3. The monoisotopic (exact) mass is 363 g/mol. The van der Waals surface area contributed by atoms with E-state index in [-0.39, 0.29) is 5.69 Å². The average molecular weight is 364 g/mol. The van der Waals surface area contributed by atoms with Crippen LogP contribution in [0.5, 0.6) is 0 Å². The second kappa shape index (κ2) is 8.90. The van der Waals surface area contributed by atoms with Crippen molar-refractivity contribution in [2.75, 3.05) is 0 Å². The largest absolute Gasteiger partial charge is 0.205 e. The topological polar surface area (TPSA) is 12.4 Å². The third-order valence-corrected chi connectivity index (χ3v) is 5.06. The van der Waals surface area contributed by atoms with Crippen molar-refractivity contribution in [1.29, 1.82) is 0 Å². The number of fused-ring (bicyclic) bond motifs is 1. The van der Waals surface area contributed by atoms with E-state index < -0.39 is 5.82 Å². The average Bonchev–Trinajstić information content (AvgIpc) is 2.66. The van der Waals surface area contributed by atoms with Gasteiger partial charge in [-0.3, -0.25) is 0 Å². The molecule has 3 rings (SSSR count). The molecule has 1 atom stereocenters. The quantitative estimate of drug-likeness (QED) is 0.355. The van der Waals surface area contributed by atoms with E-state index in [2.05, 4.69) is 59.3 Å². The van der Waals surface area contributed by atoms with E-state index in [1.165, 1.54) is 49.3 Å². The lowest BCUT2D eigenvalue weighted by Crippen LogP contribution is -2.14. The lowest BCUT2D eigenvalue weighted by Gasteiger charge is -2.24. The summed E-state index contributed by atoms with van der Waals surface area (Å²) in [7, 11) is 0. The molecule has 0 N–H and O–H groups in total. The highest BCUT2D eigenvalue weighted by Gasteiger charge is 2.18. The van der Waals surface area contributed by atoms with Gasteiger partial charge in [0.2, 0.25) is 0 Å². The van der Waals surface area contributed by atoms with E-state index in [4.69, 9.17) is 0 Å². The van der Waals surface area contributed by atoms with E-state index >= 15 is 0 Å². The van der Waals surface area contributed by atoms with Crippen LogP contribution in [-0.2, 0) is 12.8 Å². The molecule has 1 unspecified atom stereocenters. The molecule has 2 aromatic carbocycles. The minimum Gasteiger partial charge on any atom is -0.205 e. The molecular weight excluding hydrogens is 341 g/mol. The Bertz CT molecular complexity index is 900. The molecule has 1 aliphatic carbocycles. The van der Waals surface area contributed by atoms with Gasteiger partial charge in [0.15, 0.2) is 5.82 Å². The fourth-order valence-corrected chi connectivity index (χ4v) is 3.61. The molecule has 0 heterocycles. The van der Waals surface area contributed by atoms with E-state index in [0.717, 1.165) is 17.9 Å². The number of unbranched alkanes of at least 4 members (excludes halogenated alkanes) is 1. The molecule has 0 spiro atoms. The molecule has 1 aliphatic rings. The maximum absolute atomic E-state index is 13.9. The predicted molar refractivity (Wildman–Crippen MR) is 109 cm³/mol. The lowest BCUT2D eigenvalue weighted by molar-refractivity contribution is 0.413. The van der Waals surface area contributed by atoms with Crippen molar-refractivity contribution in [2.24, 2.45) is 10.9 Å². The summed E-state index contributed by atoms with van der Waals surface area (Å²) in [6.45, 7) is 2.26. The van der Waals surface area contributed by atoms with Crippen LogP contribution in [0.3, 0.4) is 0 Å². The van der Waals surface area contributed by atoms with Gasteiger partial charge >= 0.3 is 0 Å². The van der Waals surface area contributed by atoms with Crippen LogP contribution in [0.1, 0.15) is 54.9 Å². The van der Waals surface area contributed by atoms with Crippen LogP contribution in [0.2, 0.25) is 0 Å². The van der Waals surface area contributed by atoms with E-state index in [0.29, 0.717) is 5.56 Å². The summed E-state index contributed by atoms with van der Waals surface area (Å²) >= 11 is 4.51. The third-order valence-electron chi connectivity index (χ3n) is 4.97. The van der Waals surface area contributed by atoms with E-state index in [1.807, 2.05) is 0 Å². The zero-order valence-electron chi connectivity index (χ0n) is 15.0. The second-order valence-electron chi connectivity index (χ2n) is 6.85. The number of nitrogens with zero attached hydrogens (tertiary/aromatic N) is 1. The van der Waals surface area contributed by atoms with Crippen LogP contribution in [-0.4, -0.2) is 5.16 Å². The molecule has 0 saturated heterocycles. The summed E-state index contributed by atoms with van der Waals surface area (Å²) in [6.07, 6.45) is 7.55. The van der Waals surface area contributed by atoms with Gasteiger partial charge in [-0.05, 0) is 78.9 Å². The van der Waals surface area contributed by atoms with E-state index in [9.17, 15) is 4.39 Å². The Hall–Kier alpha value is -2.27. The number of hydrogen-bond donors (Lipinski definition) is 0. The van der Waals surface area contributed by atoms with Gasteiger partial charge in [-0.1, -0.05) is 44.1 Å². The maximum Gasteiger partial charge on any atom is 0.150 e. The Morgan fingerprint density at radius 2 is 1.88 bits per heavy atom. The zero-order chi connectivity index (χ0) is 18.4. The smallest absolute Gasteiger partial charge is 0.150 e. The highest BCUT2D eigenvalue weighted by Crippen LogP contribution is 2.29. The van der Waals surface area contributed by atoms with Crippen LogP contribution in [0.25, 0.3) is 0 Å². The number of aryl methyl sites for hydroxylation is 1. The molecule has 0 aromatic heterocycles. The molecule has 2 aromatic rings. The summed E-state index contributed by atoms with van der Waals surface area (Å²) < 4.78 is 13.9. The number of hydrogen-bond acceptors (Lipinski definition) is 2.